The Morgan fingerprint density at radius 3 is 3.24 bits per heavy atom. The highest BCUT2D eigenvalue weighted by Gasteiger charge is 2.29. The summed E-state index contributed by atoms with van der Waals surface area (Å²) in [5.41, 5.74) is 2.35. The van der Waals surface area contributed by atoms with Gasteiger partial charge in [0.05, 0.1) is 12.6 Å². The van der Waals surface area contributed by atoms with Crippen LogP contribution in [0.1, 0.15) is 11.6 Å². The summed E-state index contributed by atoms with van der Waals surface area (Å²) >= 11 is 0. The number of aromatic nitrogens is 1. The van der Waals surface area contributed by atoms with Gasteiger partial charge in [0.1, 0.15) is 5.52 Å². The summed E-state index contributed by atoms with van der Waals surface area (Å²) in [6.07, 6.45) is 3.21. The van der Waals surface area contributed by atoms with Crippen molar-refractivity contribution in [1.82, 2.24) is 15.2 Å². The van der Waals surface area contributed by atoms with Crippen LogP contribution in [-0.2, 0) is 0 Å². The van der Waals surface area contributed by atoms with Crippen LogP contribution in [0.2, 0.25) is 0 Å². The number of nitriles is 1. The molecule has 0 saturated carbocycles. The van der Waals surface area contributed by atoms with Crippen LogP contribution in [0.3, 0.4) is 0 Å². The molecule has 6 heteroatoms. The first kappa shape index (κ1) is 9.66. The number of carbonyl (C=O) groups excluding carboxylic acids is 1. The molecule has 1 aromatic heterocycles. The van der Waals surface area contributed by atoms with E-state index in [1.165, 1.54) is 6.39 Å². The number of urea groups is 1. The zero-order chi connectivity index (χ0) is 11.8. The molecule has 0 radical (unpaired) electrons. The van der Waals surface area contributed by atoms with Crippen molar-refractivity contribution < 1.29 is 9.21 Å². The summed E-state index contributed by atoms with van der Waals surface area (Å²) in [4.78, 5) is 16.5. The minimum absolute atomic E-state index is 0.184. The molecule has 1 saturated heterocycles. The molecular formula is C11H8N4O2. The first-order valence-corrected chi connectivity index (χ1v) is 5.09. The second kappa shape index (κ2) is 3.49. The van der Waals surface area contributed by atoms with Crippen LogP contribution in [0.15, 0.2) is 29.0 Å². The number of fused-ring (bicyclic) bond motifs is 1. The molecule has 2 amide bonds. The highest BCUT2D eigenvalue weighted by Crippen LogP contribution is 2.23. The van der Waals surface area contributed by atoms with E-state index >= 15 is 0 Å². The van der Waals surface area contributed by atoms with E-state index in [1.807, 2.05) is 24.4 Å². The Kier molecular flexibility index (Phi) is 1.98. The van der Waals surface area contributed by atoms with Gasteiger partial charge in [0.25, 0.3) is 0 Å². The lowest BCUT2D eigenvalue weighted by molar-refractivity contribution is 0.232. The van der Waals surface area contributed by atoms with Gasteiger partial charge < -0.3 is 9.73 Å². The van der Waals surface area contributed by atoms with Crippen molar-refractivity contribution in [1.29, 1.82) is 5.26 Å². The second-order valence-corrected chi connectivity index (χ2v) is 3.79. The second-order valence-electron chi connectivity index (χ2n) is 3.79. The monoisotopic (exact) mass is 228 g/mol. The van der Waals surface area contributed by atoms with E-state index in [1.54, 1.807) is 0 Å². The molecule has 1 fully saturated rings. The number of hydrogen-bond acceptors (Lipinski definition) is 4. The highest BCUT2D eigenvalue weighted by molar-refractivity contribution is 5.79. The number of oxazole rings is 1. The van der Waals surface area contributed by atoms with Crippen molar-refractivity contribution in [2.75, 3.05) is 6.54 Å². The third-order valence-electron chi connectivity index (χ3n) is 2.79. The largest absolute Gasteiger partial charge is 0.443 e. The number of rotatable bonds is 1. The van der Waals surface area contributed by atoms with Gasteiger partial charge >= 0.3 is 6.03 Å². The number of carbonyl (C=O) groups is 1. The Morgan fingerprint density at radius 1 is 1.59 bits per heavy atom. The van der Waals surface area contributed by atoms with Crippen LogP contribution < -0.4 is 5.32 Å². The number of nitrogens with zero attached hydrogens (tertiary/aromatic N) is 3. The molecule has 0 aliphatic carbocycles. The molecule has 1 aliphatic heterocycles. The van der Waals surface area contributed by atoms with Crippen molar-refractivity contribution in [2.45, 2.75) is 6.04 Å². The SMILES string of the molecule is N#CN1CC(c2ccc3ncoc3c2)NC1=O. The maximum Gasteiger partial charge on any atom is 0.331 e. The van der Waals surface area contributed by atoms with E-state index in [4.69, 9.17) is 9.68 Å². The van der Waals surface area contributed by atoms with Crippen molar-refractivity contribution in [3.05, 3.63) is 30.2 Å². The molecule has 1 atom stereocenters. The van der Waals surface area contributed by atoms with Crippen LogP contribution >= 0.6 is 0 Å². The Hall–Kier alpha value is -2.55. The maximum absolute atomic E-state index is 11.4. The zero-order valence-electron chi connectivity index (χ0n) is 8.75. The van der Waals surface area contributed by atoms with Crippen LogP contribution in [0.4, 0.5) is 4.79 Å². The van der Waals surface area contributed by atoms with Crippen molar-refractivity contribution >= 4 is 17.1 Å². The van der Waals surface area contributed by atoms with Gasteiger partial charge in [-0.05, 0) is 17.7 Å². The van der Waals surface area contributed by atoms with Gasteiger partial charge in [0.15, 0.2) is 18.2 Å². The summed E-state index contributed by atoms with van der Waals surface area (Å²) < 4.78 is 5.20. The van der Waals surface area contributed by atoms with Crippen LogP contribution in [-0.4, -0.2) is 22.5 Å². The van der Waals surface area contributed by atoms with Crippen LogP contribution in [0.25, 0.3) is 11.1 Å². The van der Waals surface area contributed by atoms with Gasteiger partial charge in [-0.15, -0.1) is 0 Å². The molecule has 0 bridgehead atoms. The number of benzene rings is 1. The van der Waals surface area contributed by atoms with Gasteiger partial charge in [-0.1, -0.05) is 6.07 Å². The molecule has 1 aliphatic rings. The van der Waals surface area contributed by atoms with E-state index in [9.17, 15) is 4.79 Å². The molecule has 1 unspecified atom stereocenters. The maximum atomic E-state index is 11.4. The quantitative estimate of drug-likeness (QED) is 0.747. The van der Waals surface area contributed by atoms with E-state index in [0.717, 1.165) is 16.0 Å². The number of hydrogen-bond donors (Lipinski definition) is 1. The lowest BCUT2D eigenvalue weighted by Crippen LogP contribution is -2.23. The standard InChI is InChI=1S/C11H8N4O2/c12-5-15-4-9(14-11(15)16)7-1-2-8-10(3-7)17-6-13-8/h1-3,6,9H,4H2,(H,14,16). The third kappa shape index (κ3) is 1.49. The van der Waals surface area contributed by atoms with Crippen LogP contribution in [0, 0.1) is 11.5 Å². The smallest absolute Gasteiger partial charge is 0.331 e. The van der Waals surface area contributed by atoms with E-state index < -0.39 is 0 Å². The first-order chi connectivity index (χ1) is 8.28. The lowest BCUT2D eigenvalue weighted by atomic mass is 10.1. The summed E-state index contributed by atoms with van der Waals surface area (Å²) in [6, 6.07) is 4.98. The van der Waals surface area contributed by atoms with E-state index in [-0.39, 0.29) is 12.1 Å². The molecule has 1 aromatic carbocycles. The van der Waals surface area contributed by atoms with Gasteiger partial charge in [-0.2, -0.15) is 5.26 Å². The molecule has 6 nitrogen and oxygen atoms in total. The van der Waals surface area contributed by atoms with Gasteiger partial charge in [-0.25, -0.2) is 14.7 Å². The average molecular weight is 228 g/mol. The lowest BCUT2D eigenvalue weighted by Gasteiger charge is -2.08. The average Bonchev–Trinajstić information content (AvgIpc) is 2.93. The summed E-state index contributed by atoms with van der Waals surface area (Å²) in [6.45, 7) is 0.342. The highest BCUT2D eigenvalue weighted by atomic mass is 16.3. The normalized spacial score (nSPS) is 19.4. The predicted octanol–water partition coefficient (Wildman–Crippen LogP) is 1.38. The fourth-order valence-electron chi connectivity index (χ4n) is 1.90. The first-order valence-electron chi connectivity index (χ1n) is 5.09. The van der Waals surface area contributed by atoms with Crippen LogP contribution in [0.5, 0.6) is 0 Å². The van der Waals surface area contributed by atoms with Crippen molar-refractivity contribution in [3.8, 4) is 6.19 Å². The molecule has 0 spiro atoms. The van der Waals surface area contributed by atoms with E-state index in [0.29, 0.717) is 12.1 Å². The molecule has 2 aromatic rings. The Balaban J connectivity index is 1.94. The fourth-order valence-corrected chi connectivity index (χ4v) is 1.90. The van der Waals surface area contributed by atoms with Crippen molar-refractivity contribution in [3.63, 3.8) is 0 Å². The van der Waals surface area contributed by atoms with Gasteiger partial charge in [0.2, 0.25) is 0 Å². The molecule has 84 valence electrons. The minimum Gasteiger partial charge on any atom is -0.443 e. The molecule has 2 heterocycles. The third-order valence-corrected chi connectivity index (χ3v) is 2.79. The molecule has 1 N–H and O–H groups in total. The van der Waals surface area contributed by atoms with Gasteiger partial charge in [0, 0.05) is 0 Å². The van der Waals surface area contributed by atoms with Gasteiger partial charge in [-0.3, -0.25) is 0 Å². The summed E-state index contributed by atoms with van der Waals surface area (Å²) in [7, 11) is 0. The van der Waals surface area contributed by atoms with E-state index in [2.05, 4.69) is 10.3 Å². The predicted molar refractivity (Wildman–Crippen MR) is 57.6 cm³/mol. The Bertz CT molecular complexity index is 628. The zero-order valence-corrected chi connectivity index (χ0v) is 8.75. The summed E-state index contributed by atoms with van der Waals surface area (Å²) in [5, 5.41) is 11.5. The molecule has 17 heavy (non-hydrogen) atoms. The number of nitrogens with one attached hydrogen (secondary N) is 1. The molecular weight excluding hydrogens is 220 g/mol. The fraction of sp³-hybridized carbons (Fsp3) is 0.182. The van der Waals surface area contributed by atoms with Crippen molar-refractivity contribution in [2.24, 2.45) is 0 Å². The topological polar surface area (TPSA) is 82.2 Å². The number of amides is 2. The Morgan fingerprint density at radius 2 is 2.47 bits per heavy atom. The molecule has 3 rings (SSSR count). The Labute approximate surface area is 96.4 Å². The summed E-state index contributed by atoms with van der Waals surface area (Å²) in [5.74, 6) is 0. The minimum atomic E-state index is -0.366.